The Morgan fingerprint density at radius 1 is 1.21 bits per heavy atom. The highest BCUT2D eigenvalue weighted by Crippen LogP contribution is 2.43. The maximum Gasteiger partial charge on any atom is 0.260 e. The highest BCUT2D eigenvalue weighted by molar-refractivity contribution is 5.99. The molecule has 1 atom stereocenters. The van der Waals surface area contributed by atoms with E-state index in [-0.39, 0.29) is 11.7 Å². The van der Waals surface area contributed by atoms with Gasteiger partial charge in [0, 0.05) is 23.2 Å². The van der Waals surface area contributed by atoms with Gasteiger partial charge in [0.15, 0.2) is 5.76 Å². The minimum Gasteiger partial charge on any atom is -0.508 e. The fourth-order valence-corrected chi connectivity index (χ4v) is 3.52. The summed E-state index contributed by atoms with van der Waals surface area (Å²) in [5, 5.41) is 10.6. The van der Waals surface area contributed by atoms with Crippen LogP contribution in [0.1, 0.15) is 27.9 Å². The van der Waals surface area contributed by atoms with Crippen LogP contribution in [0.25, 0.3) is 11.0 Å². The topological polar surface area (TPSA) is 88.9 Å². The molecular formula is C18H14N2O4. The van der Waals surface area contributed by atoms with Crippen LogP contribution in [0, 0.1) is 0 Å². The molecule has 120 valence electrons. The number of rotatable bonds is 0. The van der Waals surface area contributed by atoms with Gasteiger partial charge in [0.2, 0.25) is 6.23 Å². The van der Waals surface area contributed by atoms with Crippen molar-refractivity contribution in [2.45, 2.75) is 12.6 Å². The summed E-state index contributed by atoms with van der Waals surface area (Å²) in [7, 11) is 0. The summed E-state index contributed by atoms with van der Waals surface area (Å²) in [6, 6.07) is 10.1. The van der Waals surface area contributed by atoms with Gasteiger partial charge in [-0.15, -0.1) is 0 Å². The highest BCUT2D eigenvalue weighted by Gasteiger charge is 2.41. The van der Waals surface area contributed by atoms with Crippen molar-refractivity contribution in [2.75, 3.05) is 12.3 Å². The fourth-order valence-electron chi connectivity index (χ4n) is 3.52. The monoisotopic (exact) mass is 322 g/mol. The van der Waals surface area contributed by atoms with E-state index >= 15 is 0 Å². The number of nitrogen functional groups attached to an aromatic ring is 1. The van der Waals surface area contributed by atoms with Crippen molar-refractivity contribution in [3.8, 4) is 11.5 Å². The van der Waals surface area contributed by atoms with Gasteiger partial charge in [-0.05, 0) is 42.8 Å². The van der Waals surface area contributed by atoms with E-state index in [1.165, 1.54) is 0 Å². The first kappa shape index (κ1) is 13.3. The van der Waals surface area contributed by atoms with Crippen molar-refractivity contribution in [3.63, 3.8) is 0 Å². The van der Waals surface area contributed by atoms with Crippen molar-refractivity contribution < 1.29 is 19.1 Å². The molecule has 1 unspecified atom stereocenters. The van der Waals surface area contributed by atoms with Crippen LogP contribution in [0.5, 0.6) is 11.5 Å². The zero-order chi connectivity index (χ0) is 16.4. The van der Waals surface area contributed by atoms with E-state index in [9.17, 15) is 9.90 Å². The summed E-state index contributed by atoms with van der Waals surface area (Å²) < 4.78 is 12.0. The first-order valence-electron chi connectivity index (χ1n) is 7.73. The van der Waals surface area contributed by atoms with Gasteiger partial charge in [0.25, 0.3) is 5.91 Å². The molecule has 2 aliphatic heterocycles. The quantitative estimate of drug-likeness (QED) is 0.621. The smallest absolute Gasteiger partial charge is 0.260 e. The summed E-state index contributed by atoms with van der Waals surface area (Å²) >= 11 is 0. The van der Waals surface area contributed by atoms with E-state index in [4.69, 9.17) is 14.9 Å². The number of furan rings is 1. The van der Waals surface area contributed by atoms with E-state index in [0.717, 1.165) is 10.9 Å². The Hall–Kier alpha value is -3.15. The lowest BCUT2D eigenvalue weighted by Gasteiger charge is -2.38. The Bertz CT molecular complexity index is 1010. The number of anilines is 1. The average molecular weight is 322 g/mol. The van der Waals surface area contributed by atoms with Gasteiger partial charge >= 0.3 is 0 Å². The van der Waals surface area contributed by atoms with Gasteiger partial charge < -0.3 is 20.0 Å². The van der Waals surface area contributed by atoms with Gasteiger partial charge in [-0.3, -0.25) is 9.69 Å². The predicted octanol–water partition coefficient (Wildman–Crippen LogP) is 2.81. The third kappa shape index (κ3) is 1.68. The highest BCUT2D eigenvalue weighted by atomic mass is 16.5. The van der Waals surface area contributed by atoms with E-state index in [2.05, 4.69) is 0 Å². The van der Waals surface area contributed by atoms with Gasteiger partial charge in [-0.2, -0.15) is 0 Å². The number of phenols is 1. The molecule has 6 heteroatoms. The number of carbonyl (C=O) groups is 1. The molecule has 1 aromatic heterocycles. The zero-order valence-electron chi connectivity index (χ0n) is 12.7. The van der Waals surface area contributed by atoms with Crippen LogP contribution in [-0.2, 0) is 6.42 Å². The molecule has 1 amide bonds. The summed E-state index contributed by atoms with van der Waals surface area (Å²) in [6.45, 7) is 0.523. The number of nitrogens with two attached hydrogens (primary N) is 1. The summed E-state index contributed by atoms with van der Waals surface area (Å²) in [5.41, 5.74) is 8.45. The minimum atomic E-state index is -0.591. The van der Waals surface area contributed by atoms with Crippen LogP contribution >= 0.6 is 0 Å². The fraction of sp³-hybridized carbons (Fsp3) is 0.167. The molecular weight excluding hydrogens is 308 g/mol. The van der Waals surface area contributed by atoms with Gasteiger partial charge in [-0.1, -0.05) is 0 Å². The van der Waals surface area contributed by atoms with E-state index in [1.54, 1.807) is 41.3 Å². The maximum absolute atomic E-state index is 12.8. The summed E-state index contributed by atoms with van der Waals surface area (Å²) in [6.07, 6.45) is 0.0570. The number of phenolic OH excluding ortho intramolecular Hbond substituents is 1. The van der Waals surface area contributed by atoms with Crippen molar-refractivity contribution in [3.05, 3.63) is 53.3 Å². The van der Waals surface area contributed by atoms with Gasteiger partial charge in [0.1, 0.15) is 17.1 Å². The minimum absolute atomic E-state index is 0.109. The predicted molar refractivity (Wildman–Crippen MR) is 86.8 cm³/mol. The maximum atomic E-state index is 12.8. The molecule has 3 heterocycles. The van der Waals surface area contributed by atoms with Crippen molar-refractivity contribution in [1.82, 2.24) is 4.90 Å². The average Bonchev–Trinajstić information content (AvgIpc) is 2.94. The largest absolute Gasteiger partial charge is 0.508 e. The van der Waals surface area contributed by atoms with Crippen molar-refractivity contribution in [1.29, 1.82) is 0 Å². The number of carbonyl (C=O) groups excluding carboxylic acids is 1. The van der Waals surface area contributed by atoms with Gasteiger partial charge in [-0.25, -0.2) is 0 Å². The molecule has 6 nitrogen and oxygen atoms in total. The number of aromatic hydroxyl groups is 1. The Balaban J connectivity index is 1.68. The van der Waals surface area contributed by atoms with Crippen LogP contribution in [0.3, 0.4) is 0 Å². The van der Waals surface area contributed by atoms with Crippen molar-refractivity contribution >= 4 is 22.6 Å². The molecule has 5 rings (SSSR count). The van der Waals surface area contributed by atoms with Crippen LogP contribution in [-0.4, -0.2) is 22.5 Å². The molecule has 0 saturated heterocycles. The third-order valence-electron chi connectivity index (χ3n) is 4.65. The Morgan fingerprint density at radius 3 is 2.96 bits per heavy atom. The lowest BCUT2D eigenvalue weighted by molar-refractivity contribution is -0.00665. The first-order valence-corrected chi connectivity index (χ1v) is 7.73. The molecule has 0 aliphatic carbocycles. The van der Waals surface area contributed by atoms with Crippen LogP contribution in [0.15, 0.2) is 40.8 Å². The third-order valence-corrected chi connectivity index (χ3v) is 4.65. The second-order valence-electron chi connectivity index (χ2n) is 6.10. The molecule has 0 bridgehead atoms. The molecule has 3 aromatic rings. The Kier molecular flexibility index (Phi) is 2.46. The summed E-state index contributed by atoms with van der Waals surface area (Å²) in [4.78, 5) is 14.5. The van der Waals surface area contributed by atoms with E-state index < -0.39 is 6.23 Å². The number of amides is 1. The Morgan fingerprint density at radius 2 is 2.08 bits per heavy atom. The van der Waals surface area contributed by atoms with Crippen LogP contribution in [0.2, 0.25) is 0 Å². The van der Waals surface area contributed by atoms with E-state index in [0.29, 0.717) is 41.3 Å². The number of benzene rings is 2. The molecule has 3 N–H and O–H groups in total. The van der Waals surface area contributed by atoms with Gasteiger partial charge in [0.05, 0.1) is 5.56 Å². The number of hydrogen-bond donors (Lipinski definition) is 2. The van der Waals surface area contributed by atoms with Crippen LogP contribution in [0.4, 0.5) is 5.69 Å². The number of fused-ring (bicyclic) bond motifs is 6. The number of hydrogen-bond acceptors (Lipinski definition) is 5. The summed E-state index contributed by atoms with van der Waals surface area (Å²) in [5.74, 6) is 1.21. The molecule has 0 radical (unpaired) electrons. The lowest BCUT2D eigenvalue weighted by atomic mass is 9.99. The second-order valence-corrected chi connectivity index (χ2v) is 6.10. The van der Waals surface area contributed by atoms with E-state index in [1.807, 2.05) is 0 Å². The standard InChI is InChI=1S/C18H14N2O4/c19-9-1-3-15-13(7-9)17(22)20-6-5-11-12-8-10(21)2-4-14(12)23-16(11)18(20)24-15/h1-4,7-8,18,21H,5-6,19H2. The first-order chi connectivity index (χ1) is 11.6. The Labute approximate surface area is 137 Å². The molecule has 2 aliphatic rings. The molecule has 24 heavy (non-hydrogen) atoms. The molecule has 0 saturated carbocycles. The number of nitrogens with zero attached hydrogens (tertiary/aromatic N) is 1. The molecule has 2 aromatic carbocycles. The number of ether oxygens (including phenoxy) is 1. The molecule has 0 spiro atoms. The second kappa shape index (κ2) is 4.44. The van der Waals surface area contributed by atoms with Crippen LogP contribution < -0.4 is 10.5 Å². The zero-order valence-corrected chi connectivity index (χ0v) is 12.7. The normalized spacial score (nSPS) is 18.8. The molecule has 0 fully saturated rings. The van der Waals surface area contributed by atoms with Crippen molar-refractivity contribution in [2.24, 2.45) is 0 Å². The lowest BCUT2D eigenvalue weighted by Crippen LogP contribution is -2.45. The SMILES string of the molecule is Nc1ccc2c(c1)C(=O)N1CCc3c(oc4ccc(O)cc34)C1O2.